The Labute approximate surface area is 155 Å². The van der Waals surface area contributed by atoms with E-state index in [1.807, 2.05) is 6.92 Å². The van der Waals surface area contributed by atoms with E-state index in [1.54, 1.807) is 37.4 Å². The molecule has 8 heteroatoms. The second-order valence-corrected chi connectivity index (χ2v) is 6.86. The average molecular weight is 382 g/mol. The van der Waals surface area contributed by atoms with Crippen LogP contribution in [-0.4, -0.2) is 36.9 Å². The standard InChI is InChI=1S/C17H20ClN3O3S/c1-3-21(17(23)14-8-11(9-19)16(18)25-14)10-15(22)20-12-4-6-13(24-2)7-5-12/h4-8H,3,9-10,19H2,1-2H3,(H,20,22). The summed E-state index contributed by atoms with van der Waals surface area (Å²) in [7, 11) is 1.57. The van der Waals surface area contributed by atoms with Crippen molar-refractivity contribution in [3.8, 4) is 5.75 Å². The van der Waals surface area contributed by atoms with Crippen molar-refractivity contribution in [2.75, 3.05) is 25.5 Å². The average Bonchev–Trinajstić information content (AvgIpc) is 3.00. The highest BCUT2D eigenvalue weighted by Gasteiger charge is 2.20. The molecule has 25 heavy (non-hydrogen) atoms. The number of nitrogens with one attached hydrogen (secondary N) is 1. The number of likely N-dealkylation sites (N-methyl/N-ethyl adjacent to an activating group) is 1. The van der Waals surface area contributed by atoms with Crippen LogP contribution in [0.4, 0.5) is 5.69 Å². The van der Waals surface area contributed by atoms with Gasteiger partial charge < -0.3 is 20.7 Å². The summed E-state index contributed by atoms with van der Waals surface area (Å²) in [5, 5.41) is 2.76. The molecule has 1 heterocycles. The summed E-state index contributed by atoms with van der Waals surface area (Å²) < 4.78 is 5.58. The molecule has 0 radical (unpaired) electrons. The molecule has 0 unspecified atom stereocenters. The van der Waals surface area contributed by atoms with Gasteiger partial charge in [-0.3, -0.25) is 9.59 Å². The SMILES string of the molecule is CCN(CC(=O)Nc1ccc(OC)cc1)C(=O)c1cc(CN)c(Cl)s1. The number of carbonyl (C=O) groups is 2. The van der Waals surface area contributed by atoms with Crippen LogP contribution in [0.25, 0.3) is 0 Å². The van der Waals surface area contributed by atoms with Gasteiger partial charge in [-0.2, -0.15) is 0 Å². The van der Waals surface area contributed by atoms with Crippen molar-refractivity contribution in [1.29, 1.82) is 0 Å². The molecule has 0 saturated carbocycles. The highest BCUT2D eigenvalue weighted by molar-refractivity contribution is 7.18. The van der Waals surface area contributed by atoms with Gasteiger partial charge in [0.15, 0.2) is 0 Å². The number of halogens is 1. The van der Waals surface area contributed by atoms with Crippen molar-refractivity contribution >= 4 is 40.4 Å². The van der Waals surface area contributed by atoms with E-state index in [0.717, 1.165) is 5.56 Å². The monoisotopic (exact) mass is 381 g/mol. The van der Waals surface area contributed by atoms with Crippen LogP contribution in [0.3, 0.4) is 0 Å². The van der Waals surface area contributed by atoms with E-state index in [0.29, 0.717) is 27.2 Å². The Balaban J connectivity index is 2.01. The Morgan fingerprint density at radius 1 is 1.32 bits per heavy atom. The maximum Gasteiger partial charge on any atom is 0.264 e. The van der Waals surface area contributed by atoms with Crippen LogP contribution < -0.4 is 15.8 Å². The minimum Gasteiger partial charge on any atom is -0.497 e. The molecule has 0 fully saturated rings. The summed E-state index contributed by atoms with van der Waals surface area (Å²) in [4.78, 5) is 26.7. The first-order chi connectivity index (χ1) is 12.0. The number of nitrogens with zero attached hydrogens (tertiary/aromatic N) is 1. The van der Waals surface area contributed by atoms with E-state index in [9.17, 15) is 9.59 Å². The van der Waals surface area contributed by atoms with Gasteiger partial charge >= 0.3 is 0 Å². The van der Waals surface area contributed by atoms with Crippen LogP contribution in [0.1, 0.15) is 22.2 Å². The molecule has 1 aromatic heterocycles. The Kier molecular flexibility index (Phi) is 6.81. The van der Waals surface area contributed by atoms with Gasteiger partial charge in [0, 0.05) is 18.8 Å². The molecule has 134 valence electrons. The fourth-order valence-corrected chi connectivity index (χ4v) is 3.45. The maximum absolute atomic E-state index is 12.6. The molecule has 6 nitrogen and oxygen atoms in total. The molecule has 0 aliphatic rings. The molecule has 0 saturated heterocycles. The molecule has 2 rings (SSSR count). The van der Waals surface area contributed by atoms with Gasteiger partial charge in [-0.1, -0.05) is 11.6 Å². The second kappa shape index (κ2) is 8.84. The molecule has 3 N–H and O–H groups in total. The number of rotatable bonds is 7. The van der Waals surface area contributed by atoms with E-state index in [1.165, 1.54) is 16.2 Å². The summed E-state index contributed by atoms with van der Waals surface area (Å²) >= 11 is 7.23. The van der Waals surface area contributed by atoms with E-state index in [2.05, 4.69) is 5.32 Å². The lowest BCUT2D eigenvalue weighted by Crippen LogP contribution is -2.37. The molecule has 0 spiro atoms. The second-order valence-electron chi connectivity index (χ2n) is 5.21. The summed E-state index contributed by atoms with van der Waals surface area (Å²) in [6.07, 6.45) is 0. The number of hydrogen-bond acceptors (Lipinski definition) is 5. The van der Waals surface area contributed by atoms with Crippen LogP contribution in [0.15, 0.2) is 30.3 Å². The summed E-state index contributed by atoms with van der Waals surface area (Å²) in [5.74, 6) is 0.190. The molecule has 0 atom stereocenters. The van der Waals surface area contributed by atoms with Crippen molar-refractivity contribution in [3.63, 3.8) is 0 Å². The van der Waals surface area contributed by atoms with Gasteiger partial charge in [-0.15, -0.1) is 11.3 Å². The van der Waals surface area contributed by atoms with Crippen LogP contribution in [0.2, 0.25) is 4.34 Å². The van der Waals surface area contributed by atoms with Gasteiger partial charge in [-0.05, 0) is 42.8 Å². The van der Waals surface area contributed by atoms with Crippen molar-refractivity contribution in [3.05, 3.63) is 45.1 Å². The number of nitrogens with two attached hydrogens (primary N) is 1. The minimum absolute atomic E-state index is 0.0468. The zero-order chi connectivity index (χ0) is 18.4. The van der Waals surface area contributed by atoms with Crippen molar-refractivity contribution in [2.45, 2.75) is 13.5 Å². The van der Waals surface area contributed by atoms with Crippen LogP contribution >= 0.6 is 22.9 Å². The molecule has 0 bridgehead atoms. The summed E-state index contributed by atoms with van der Waals surface area (Å²) in [6.45, 7) is 2.45. The highest BCUT2D eigenvalue weighted by Crippen LogP contribution is 2.28. The number of ether oxygens (including phenoxy) is 1. The van der Waals surface area contributed by atoms with E-state index in [-0.39, 0.29) is 24.9 Å². The lowest BCUT2D eigenvalue weighted by atomic mass is 10.3. The molecule has 0 aliphatic heterocycles. The van der Waals surface area contributed by atoms with E-state index >= 15 is 0 Å². The number of carbonyl (C=O) groups excluding carboxylic acids is 2. The largest absolute Gasteiger partial charge is 0.497 e. The van der Waals surface area contributed by atoms with Crippen molar-refractivity contribution in [1.82, 2.24) is 4.90 Å². The third-order valence-corrected chi connectivity index (χ3v) is 4.99. The topological polar surface area (TPSA) is 84.7 Å². The Bertz CT molecular complexity index is 746. The van der Waals surface area contributed by atoms with Crippen molar-refractivity contribution in [2.24, 2.45) is 5.73 Å². The van der Waals surface area contributed by atoms with Gasteiger partial charge in [0.05, 0.1) is 16.3 Å². The first-order valence-corrected chi connectivity index (χ1v) is 8.89. The Hall–Kier alpha value is -2.09. The fraction of sp³-hybridized carbons (Fsp3) is 0.294. The summed E-state index contributed by atoms with van der Waals surface area (Å²) in [6, 6.07) is 8.66. The van der Waals surface area contributed by atoms with Gasteiger partial charge in [0.1, 0.15) is 12.3 Å². The van der Waals surface area contributed by atoms with Crippen LogP contribution in [-0.2, 0) is 11.3 Å². The van der Waals surface area contributed by atoms with Gasteiger partial charge in [-0.25, -0.2) is 0 Å². The lowest BCUT2D eigenvalue weighted by Gasteiger charge is -2.19. The first-order valence-electron chi connectivity index (χ1n) is 7.70. The number of amides is 2. The third kappa shape index (κ3) is 4.94. The summed E-state index contributed by atoms with van der Waals surface area (Å²) in [5.41, 5.74) is 6.95. The Morgan fingerprint density at radius 3 is 2.52 bits per heavy atom. The van der Waals surface area contributed by atoms with E-state index < -0.39 is 0 Å². The maximum atomic E-state index is 12.6. The Morgan fingerprint density at radius 2 is 2.00 bits per heavy atom. The lowest BCUT2D eigenvalue weighted by molar-refractivity contribution is -0.116. The molecular weight excluding hydrogens is 362 g/mol. The smallest absolute Gasteiger partial charge is 0.264 e. The predicted molar refractivity (Wildman–Crippen MR) is 100 cm³/mol. The zero-order valence-corrected chi connectivity index (χ0v) is 15.6. The predicted octanol–water partition coefficient (Wildman–Crippen LogP) is 2.97. The fourth-order valence-electron chi connectivity index (χ4n) is 2.18. The normalized spacial score (nSPS) is 10.4. The molecule has 1 aromatic carbocycles. The minimum atomic E-state index is -0.276. The first kappa shape index (κ1) is 19.2. The zero-order valence-electron chi connectivity index (χ0n) is 14.0. The molecular formula is C17H20ClN3O3S. The van der Waals surface area contributed by atoms with Gasteiger partial charge in [0.2, 0.25) is 5.91 Å². The van der Waals surface area contributed by atoms with Gasteiger partial charge in [0.25, 0.3) is 5.91 Å². The number of methoxy groups -OCH3 is 1. The van der Waals surface area contributed by atoms with Crippen molar-refractivity contribution < 1.29 is 14.3 Å². The molecule has 0 aliphatic carbocycles. The van der Waals surface area contributed by atoms with E-state index in [4.69, 9.17) is 22.1 Å². The molecule has 2 aromatic rings. The quantitative estimate of drug-likeness (QED) is 0.772. The van der Waals surface area contributed by atoms with Crippen LogP contribution in [0, 0.1) is 0 Å². The highest BCUT2D eigenvalue weighted by atomic mass is 35.5. The number of thiophene rings is 1. The number of hydrogen-bond donors (Lipinski definition) is 2. The third-order valence-electron chi connectivity index (χ3n) is 3.57. The van der Waals surface area contributed by atoms with Crippen LogP contribution in [0.5, 0.6) is 5.75 Å². The number of anilines is 1. The number of benzene rings is 1. The molecule has 2 amide bonds.